The molecule has 142 valence electrons. The molecule has 4 rings (SSSR count). The van der Waals surface area contributed by atoms with E-state index < -0.39 is 0 Å². The number of carbonyl (C=O) groups is 1. The summed E-state index contributed by atoms with van der Waals surface area (Å²) in [4.78, 5) is 18.7. The molecule has 0 unspecified atom stereocenters. The molecule has 0 atom stereocenters. The Morgan fingerprint density at radius 2 is 2.00 bits per heavy atom. The molecule has 0 saturated carbocycles. The van der Waals surface area contributed by atoms with Crippen molar-refractivity contribution in [2.45, 2.75) is 39.2 Å². The number of fused-ring (bicyclic) bond motifs is 1. The van der Waals surface area contributed by atoms with Crippen LogP contribution in [0.25, 0.3) is 16.0 Å². The summed E-state index contributed by atoms with van der Waals surface area (Å²) in [7, 11) is 0. The molecule has 1 N–H and O–H groups in total. The van der Waals surface area contributed by atoms with Crippen LogP contribution < -0.4 is 10.2 Å². The first-order chi connectivity index (χ1) is 13.0. The van der Waals surface area contributed by atoms with Crippen LogP contribution in [0.5, 0.6) is 0 Å². The minimum atomic E-state index is -0.268. The van der Waals surface area contributed by atoms with E-state index in [0.717, 1.165) is 52.8 Å². The number of amides is 1. The van der Waals surface area contributed by atoms with Crippen molar-refractivity contribution in [2.75, 3.05) is 18.0 Å². The van der Waals surface area contributed by atoms with E-state index in [-0.39, 0.29) is 17.8 Å². The van der Waals surface area contributed by atoms with E-state index in [1.807, 2.05) is 13.8 Å². The average molecular weight is 387 g/mol. The number of nitrogens with zero attached hydrogens (tertiary/aromatic N) is 4. The van der Waals surface area contributed by atoms with Crippen LogP contribution in [-0.2, 0) is 4.79 Å². The molecule has 1 amide bonds. The highest BCUT2D eigenvalue weighted by atomic mass is 32.1. The van der Waals surface area contributed by atoms with E-state index >= 15 is 0 Å². The number of benzene rings is 1. The number of hydrogen-bond donors (Lipinski definition) is 1. The number of anilines is 1. The number of halogens is 1. The van der Waals surface area contributed by atoms with Gasteiger partial charge in [-0.25, -0.2) is 9.07 Å². The van der Waals surface area contributed by atoms with E-state index in [2.05, 4.69) is 15.3 Å². The van der Waals surface area contributed by atoms with Gasteiger partial charge >= 0.3 is 0 Å². The second-order valence-corrected chi connectivity index (χ2v) is 7.78. The van der Waals surface area contributed by atoms with Gasteiger partial charge in [0.2, 0.25) is 5.91 Å². The molecule has 8 heteroatoms. The Bertz CT molecular complexity index is 957. The number of thiazole rings is 1. The first kappa shape index (κ1) is 17.9. The van der Waals surface area contributed by atoms with E-state index in [1.54, 1.807) is 28.2 Å². The van der Waals surface area contributed by atoms with Gasteiger partial charge in [0, 0.05) is 25.6 Å². The fourth-order valence-electron chi connectivity index (χ4n) is 3.37. The van der Waals surface area contributed by atoms with E-state index in [0.29, 0.717) is 6.42 Å². The van der Waals surface area contributed by atoms with Crippen molar-refractivity contribution in [1.29, 1.82) is 0 Å². The number of aryl methyl sites for hydroxylation is 1. The van der Waals surface area contributed by atoms with Crippen molar-refractivity contribution in [3.8, 4) is 5.69 Å². The quantitative estimate of drug-likeness (QED) is 0.745. The van der Waals surface area contributed by atoms with Crippen molar-refractivity contribution in [1.82, 2.24) is 20.1 Å². The molecular weight excluding hydrogens is 365 g/mol. The number of hydrogen-bond acceptors (Lipinski definition) is 5. The predicted molar refractivity (Wildman–Crippen MR) is 105 cm³/mol. The smallest absolute Gasteiger partial charge is 0.219 e. The summed E-state index contributed by atoms with van der Waals surface area (Å²) in [6, 6.07) is 6.53. The van der Waals surface area contributed by atoms with E-state index in [4.69, 9.17) is 4.98 Å². The first-order valence-corrected chi connectivity index (χ1v) is 10.0. The van der Waals surface area contributed by atoms with Gasteiger partial charge in [-0.15, -0.1) is 0 Å². The van der Waals surface area contributed by atoms with Crippen LogP contribution in [0.1, 0.15) is 31.9 Å². The maximum absolute atomic E-state index is 13.2. The van der Waals surface area contributed by atoms with Gasteiger partial charge in [0.15, 0.2) is 10.8 Å². The third-order valence-electron chi connectivity index (χ3n) is 4.90. The van der Waals surface area contributed by atoms with Gasteiger partial charge in [0.25, 0.3) is 0 Å². The highest BCUT2D eigenvalue weighted by molar-refractivity contribution is 7.22. The van der Waals surface area contributed by atoms with Gasteiger partial charge in [-0.2, -0.15) is 10.1 Å². The normalized spacial score (nSPS) is 15.4. The predicted octanol–water partition coefficient (Wildman–Crippen LogP) is 3.42. The van der Waals surface area contributed by atoms with Crippen molar-refractivity contribution in [2.24, 2.45) is 0 Å². The lowest BCUT2D eigenvalue weighted by molar-refractivity contribution is -0.121. The highest BCUT2D eigenvalue weighted by Crippen LogP contribution is 2.33. The SMILES string of the molecule is CCC(=O)NC1CCN(c2nc3c(s2)c(C)nn3-c2ccc(F)cc2)CC1. The Morgan fingerprint density at radius 3 is 2.67 bits per heavy atom. The Morgan fingerprint density at radius 1 is 1.30 bits per heavy atom. The molecule has 0 bridgehead atoms. The zero-order valence-corrected chi connectivity index (χ0v) is 16.2. The summed E-state index contributed by atoms with van der Waals surface area (Å²) in [5.74, 6) is -0.153. The van der Waals surface area contributed by atoms with Gasteiger partial charge in [0.1, 0.15) is 5.82 Å². The fraction of sp³-hybridized carbons (Fsp3) is 0.421. The van der Waals surface area contributed by atoms with E-state index in [1.165, 1.54) is 12.1 Å². The number of piperidine rings is 1. The summed E-state index contributed by atoms with van der Waals surface area (Å²) >= 11 is 1.64. The minimum Gasteiger partial charge on any atom is -0.353 e. The average Bonchev–Trinajstić information content (AvgIpc) is 3.24. The maximum Gasteiger partial charge on any atom is 0.219 e. The van der Waals surface area contributed by atoms with Crippen molar-refractivity contribution < 1.29 is 9.18 Å². The summed E-state index contributed by atoms with van der Waals surface area (Å²) in [5, 5.41) is 8.62. The molecule has 3 aromatic rings. The largest absolute Gasteiger partial charge is 0.353 e. The van der Waals surface area contributed by atoms with Crippen LogP contribution in [0, 0.1) is 12.7 Å². The lowest BCUT2D eigenvalue weighted by atomic mass is 10.1. The fourth-order valence-corrected chi connectivity index (χ4v) is 4.40. The zero-order valence-electron chi connectivity index (χ0n) is 15.4. The minimum absolute atomic E-state index is 0.114. The summed E-state index contributed by atoms with van der Waals surface area (Å²) in [6.07, 6.45) is 2.37. The van der Waals surface area contributed by atoms with Gasteiger partial charge in [-0.1, -0.05) is 18.3 Å². The molecule has 2 aromatic heterocycles. The summed E-state index contributed by atoms with van der Waals surface area (Å²) < 4.78 is 16.1. The molecule has 3 heterocycles. The molecular formula is C19H22FN5OS. The number of aromatic nitrogens is 3. The standard InChI is InChI=1S/C19H22FN5OS/c1-3-16(26)21-14-8-10-24(11-9-14)19-22-18-17(27-19)12(2)23-25(18)15-6-4-13(20)5-7-15/h4-7,14H,3,8-11H2,1-2H3,(H,21,26). The van der Waals surface area contributed by atoms with Crippen molar-refractivity contribution >= 4 is 32.7 Å². The van der Waals surface area contributed by atoms with Crippen LogP contribution in [-0.4, -0.2) is 39.8 Å². The topological polar surface area (TPSA) is 63.1 Å². The van der Waals surface area contributed by atoms with Gasteiger partial charge in [0.05, 0.1) is 16.1 Å². The second kappa shape index (κ2) is 7.26. The third kappa shape index (κ3) is 3.53. The molecule has 27 heavy (non-hydrogen) atoms. The molecule has 1 aliphatic heterocycles. The number of carbonyl (C=O) groups excluding carboxylic acids is 1. The van der Waals surface area contributed by atoms with Gasteiger partial charge in [-0.3, -0.25) is 4.79 Å². The maximum atomic E-state index is 13.2. The Labute approximate surface area is 161 Å². The van der Waals surface area contributed by atoms with Crippen LogP contribution >= 0.6 is 11.3 Å². The van der Waals surface area contributed by atoms with Crippen LogP contribution in [0.2, 0.25) is 0 Å². The molecule has 6 nitrogen and oxygen atoms in total. The molecule has 0 spiro atoms. The molecule has 1 saturated heterocycles. The lowest BCUT2D eigenvalue weighted by Gasteiger charge is -2.32. The molecule has 1 aliphatic rings. The third-order valence-corrected chi connectivity index (χ3v) is 6.11. The second-order valence-electron chi connectivity index (χ2n) is 6.81. The molecule has 0 aliphatic carbocycles. The van der Waals surface area contributed by atoms with Crippen LogP contribution in [0.4, 0.5) is 9.52 Å². The molecule has 1 fully saturated rings. The number of nitrogens with one attached hydrogen (secondary N) is 1. The number of rotatable bonds is 4. The van der Waals surface area contributed by atoms with Crippen molar-refractivity contribution in [3.63, 3.8) is 0 Å². The highest BCUT2D eigenvalue weighted by Gasteiger charge is 2.24. The zero-order chi connectivity index (χ0) is 19.0. The monoisotopic (exact) mass is 387 g/mol. The van der Waals surface area contributed by atoms with E-state index in [9.17, 15) is 9.18 Å². The van der Waals surface area contributed by atoms with Gasteiger partial charge in [-0.05, 0) is 44.0 Å². The Balaban J connectivity index is 1.55. The Hall–Kier alpha value is -2.48. The summed E-state index contributed by atoms with van der Waals surface area (Å²) in [5.41, 5.74) is 2.52. The van der Waals surface area contributed by atoms with Crippen LogP contribution in [0.15, 0.2) is 24.3 Å². The van der Waals surface area contributed by atoms with Crippen molar-refractivity contribution in [3.05, 3.63) is 35.8 Å². The lowest BCUT2D eigenvalue weighted by Crippen LogP contribution is -2.44. The van der Waals surface area contributed by atoms with Gasteiger partial charge < -0.3 is 10.2 Å². The Kier molecular flexibility index (Phi) is 4.82. The first-order valence-electron chi connectivity index (χ1n) is 9.21. The molecule has 0 radical (unpaired) electrons. The molecule has 1 aromatic carbocycles. The summed E-state index contributed by atoms with van der Waals surface area (Å²) in [6.45, 7) is 5.58. The van der Waals surface area contributed by atoms with Crippen LogP contribution in [0.3, 0.4) is 0 Å².